The Labute approximate surface area is 172 Å². The van der Waals surface area contributed by atoms with Gasteiger partial charge in [-0.1, -0.05) is 30.3 Å². The Bertz CT molecular complexity index is 1080. The molecule has 0 radical (unpaired) electrons. The van der Waals surface area contributed by atoms with E-state index in [9.17, 15) is 24.4 Å². The summed E-state index contributed by atoms with van der Waals surface area (Å²) in [4.78, 5) is 48.8. The van der Waals surface area contributed by atoms with Crippen molar-refractivity contribution in [1.82, 2.24) is 14.5 Å². The van der Waals surface area contributed by atoms with Crippen molar-refractivity contribution >= 4 is 11.9 Å². The highest BCUT2D eigenvalue weighted by Gasteiger charge is 2.35. The number of hydrogen-bond acceptors (Lipinski definition) is 6. The van der Waals surface area contributed by atoms with E-state index >= 15 is 0 Å². The lowest BCUT2D eigenvalue weighted by Crippen LogP contribution is -2.47. The molecule has 1 heterocycles. The summed E-state index contributed by atoms with van der Waals surface area (Å²) in [5, 5.41) is 11.9. The van der Waals surface area contributed by atoms with Gasteiger partial charge in [0.15, 0.2) is 6.61 Å². The van der Waals surface area contributed by atoms with Gasteiger partial charge in [-0.2, -0.15) is 5.26 Å². The molecule has 156 valence electrons. The summed E-state index contributed by atoms with van der Waals surface area (Å²) >= 11 is 0. The van der Waals surface area contributed by atoms with E-state index in [0.717, 1.165) is 23.0 Å². The maximum absolute atomic E-state index is 12.6. The quantitative estimate of drug-likeness (QED) is 0.665. The molecule has 9 nitrogen and oxygen atoms in total. The second-order valence-corrected chi connectivity index (χ2v) is 7.25. The molecule has 1 aromatic carbocycles. The van der Waals surface area contributed by atoms with E-state index in [2.05, 4.69) is 11.4 Å². The zero-order chi connectivity index (χ0) is 21.6. The van der Waals surface area contributed by atoms with Crippen molar-refractivity contribution in [2.45, 2.75) is 44.3 Å². The first-order valence-electron chi connectivity index (χ1n) is 9.64. The van der Waals surface area contributed by atoms with Crippen molar-refractivity contribution in [2.75, 3.05) is 6.61 Å². The van der Waals surface area contributed by atoms with Gasteiger partial charge in [0.2, 0.25) is 0 Å². The third-order valence-corrected chi connectivity index (χ3v) is 5.04. The molecule has 9 heteroatoms. The highest BCUT2D eigenvalue weighted by Crippen LogP contribution is 2.28. The predicted molar refractivity (Wildman–Crippen MR) is 106 cm³/mol. The molecule has 1 aliphatic carbocycles. The van der Waals surface area contributed by atoms with Crippen LogP contribution in [0.25, 0.3) is 0 Å². The van der Waals surface area contributed by atoms with Gasteiger partial charge in [-0.3, -0.25) is 19.0 Å². The first-order valence-corrected chi connectivity index (χ1v) is 9.64. The van der Waals surface area contributed by atoms with Crippen molar-refractivity contribution in [2.24, 2.45) is 0 Å². The largest absolute Gasteiger partial charge is 0.454 e. The molecule has 3 rings (SSSR count). The topological polar surface area (TPSA) is 123 Å². The molecule has 2 aromatic rings. The molecule has 0 aliphatic heterocycles. The summed E-state index contributed by atoms with van der Waals surface area (Å²) in [5.74, 6) is -1.48. The second-order valence-electron chi connectivity index (χ2n) is 7.25. The standard InChI is InChI=1S/C21H22N4O5/c22-15-21(9-4-5-10-21)23-17(26)14-30-19(28)13-25-18(27)8-11-24(20(25)29)12-16-6-2-1-3-7-16/h1-3,6-8,11H,4-5,9-10,12-14H2,(H,23,26). The average Bonchev–Trinajstić information content (AvgIpc) is 3.21. The van der Waals surface area contributed by atoms with E-state index < -0.39 is 41.8 Å². The Kier molecular flexibility index (Phi) is 6.47. The molecule has 0 saturated heterocycles. The number of carbonyl (C=O) groups excluding carboxylic acids is 2. The van der Waals surface area contributed by atoms with Gasteiger partial charge in [0, 0.05) is 12.3 Å². The SMILES string of the molecule is N#CC1(NC(=O)COC(=O)Cn2c(=O)ccn(Cc3ccccc3)c2=O)CCCC1. The van der Waals surface area contributed by atoms with Crippen molar-refractivity contribution in [3.05, 3.63) is 69.0 Å². The lowest BCUT2D eigenvalue weighted by Gasteiger charge is -2.21. The monoisotopic (exact) mass is 410 g/mol. The fourth-order valence-corrected chi connectivity index (χ4v) is 3.47. The lowest BCUT2D eigenvalue weighted by atomic mass is 10.00. The summed E-state index contributed by atoms with van der Waals surface area (Å²) in [6.07, 6.45) is 4.18. The number of rotatable bonds is 7. The molecule has 0 atom stereocenters. The van der Waals surface area contributed by atoms with Crippen LogP contribution in [0, 0.1) is 11.3 Å². The Morgan fingerprint density at radius 3 is 2.50 bits per heavy atom. The summed E-state index contributed by atoms with van der Waals surface area (Å²) in [6.45, 7) is -0.945. The minimum absolute atomic E-state index is 0.244. The number of nitriles is 1. The zero-order valence-electron chi connectivity index (χ0n) is 16.4. The molecule has 1 N–H and O–H groups in total. The number of nitrogens with one attached hydrogen (secondary N) is 1. The molecule has 1 aromatic heterocycles. The Balaban J connectivity index is 1.61. The van der Waals surface area contributed by atoms with Gasteiger partial charge in [-0.25, -0.2) is 9.36 Å². The molecule has 1 saturated carbocycles. The van der Waals surface area contributed by atoms with Gasteiger partial charge < -0.3 is 10.1 Å². The Hall–Kier alpha value is -3.67. The number of amides is 1. The third-order valence-electron chi connectivity index (χ3n) is 5.04. The first-order chi connectivity index (χ1) is 14.4. The summed E-state index contributed by atoms with van der Waals surface area (Å²) in [7, 11) is 0. The minimum atomic E-state index is -0.912. The van der Waals surface area contributed by atoms with Crippen LogP contribution < -0.4 is 16.6 Å². The molecule has 1 amide bonds. The fourth-order valence-electron chi connectivity index (χ4n) is 3.47. The van der Waals surface area contributed by atoms with Crippen LogP contribution in [-0.4, -0.2) is 33.2 Å². The second kappa shape index (κ2) is 9.22. The lowest BCUT2D eigenvalue weighted by molar-refractivity contribution is -0.149. The number of ether oxygens (including phenoxy) is 1. The van der Waals surface area contributed by atoms with E-state index in [0.29, 0.717) is 12.8 Å². The zero-order valence-corrected chi connectivity index (χ0v) is 16.4. The van der Waals surface area contributed by atoms with Gasteiger partial charge in [-0.15, -0.1) is 0 Å². The normalized spacial score (nSPS) is 14.6. The van der Waals surface area contributed by atoms with E-state index in [-0.39, 0.29) is 6.54 Å². The molecule has 0 bridgehead atoms. The van der Waals surface area contributed by atoms with Crippen LogP contribution in [0.4, 0.5) is 0 Å². The number of esters is 1. The predicted octanol–water partition coefficient (Wildman–Crippen LogP) is 0.554. The van der Waals surface area contributed by atoms with Gasteiger partial charge >= 0.3 is 11.7 Å². The first kappa shape index (κ1) is 21.0. The molecule has 1 aliphatic rings. The molecule has 1 fully saturated rings. The molecule has 0 unspecified atom stereocenters. The Morgan fingerprint density at radius 1 is 1.13 bits per heavy atom. The van der Waals surface area contributed by atoms with Gasteiger partial charge in [0.1, 0.15) is 12.1 Å². The summed E-state index contributed by atoms with van der Waals surface area (Å²) < 4.78 is 6.98. The third kappa shape index (κ3) is 5.03. The van der Waals surface area contributed by atoms with Gasteiger partial charge in [-0.05, 0) is 31.2 Å². The van der Waals surface area contributed by atoms with Gasteiger partial charge in [0.05, 0.1) is 12.6 Å². The van der Waals surface area contributed by atoms with Crippen LogP contribution in [0.3, 0.4) is 0 Å². The summed E-state index contributed by atoms with van der Waals surface area (Å²) in [6, 6.07) is 12.5. The van der Waals surface area contributed by atoms with E-state index in [4.69, 9.17) is 4.74 Å². The maximum atomic E-state index is 12.6. The van der Waals surface area contributed by atoms with Crippen molar-refractivity contribution in [3.8, 4) is 6.07 Å². The van der Waals surface area contributed by atoms with E-state index in [1.807, 2.05) is 30.3 Å². The maximum Gasteiger partial charge on any atom is 0.331 e. The van der Waals surface area contributed by atoms with Crippen molar-refractivity contribution < 1.29 is 14.3 Å². The number of carbonyl (C=O) groups is 2. The minimum Gasteiger partial charge on any atom is -0.454 e. The number of nitrogens with zero attached hydrogens (tertiary/aromatic N) is 3. The van der Waals surface area contributed by atoms with E-state index in [1.165, 1.54) is 16.8 Å². The van der Waals surface area contributed by atoms with Crippen LogP contribution >= 0.6 is 0 Å². The summed E-state index contributed by atoms with van der Waals surface area (Å²) in [5.41, 5.74) is -1.34. The number of benzene rings is 1. The average molecular weight is 410 g/mol. The highest BCUT2D eigenvalue weighted by molar-refractivity contribution is 5.81. The van der Waals surface area contributed by atoms with E-state index in [1.54, 1.807) is 0 Å². The van der Waals surface area contributed by atoms with Crippen LogP contribution in [0.1, 0.15) is 31.2 Å². The van der Waals surface area contributed by atoms with Crippen molar-refractivity contribution in [1.29, 1.82) is 5.26 Å². The molecular weight excluding hydrogens is 388 g/mol. The van der Waals surface area contributed by atoms with Gasteiger partial charge in [0.25, 0.3) is 11.5 Å². The van der Waals surface area contributed by atoms with Crippen LogP contribution in [-0.2, 0) is 27.4 Å². The highest BCUT2D eigenvalue weighted by atomic mass is 16.5. The van der Waals surface area contributed by atoms with Crippen LogP contribution in [0.15, 0.2) is 52.2 Å². The molecular formula is C21H22N4O5. The van der Waals surface area contributed by atoms with Crippen molar-refractivity contribution in [3.63, 3.8) is 0 Å². The molecule has 0 spiro atoms. The number of hydrogen-bond donors (Lipinski definition) is 1. The molecule has 30 heavy (non-hydrogen) atoms. The number of aromatic nitrogens is 2. The van der Waals surface area contributed by atoms with Crippen LogP contribution in [0.2, 0.25) is 0 Å². The Morgan fingerprint density at radius 2 is 1.83 bits per heavy atom. The fraction of sp³-hybridized carbons (Fsp3) is 0.381. The van der Waals surface area contributed by atoms with Crippen LogP contribution in [0.5, 0.6) is 0 Å². The smallest absolute Gasteiger partial charge is 0.331 e.